The quantitative estimate of drug-likeness (QED) is 0.853. The lowest BCUT2D eigenvalue weighted by Gasteiger charge is -2.33. The first-order chi connectivity index (χ1) is 11.3. The van der Waals surface area contributed by atoms with Crippen molar-refractivity contribution in [3.63, 3.8) is 0 Å². The summed E-state index contributed by atoms with van der Waals surface area (Å²) in [6, 6.07) is 8.35. The predicted octanol–water partition coefficient (Wildman–Crippen LogP) is 2.70. The number of nitrogens with zero attached hydrogens (tertiary/aromatic N) is 4. The molecule has 2 aliphatic rings. The van der Waals surface area contributed by atoms with Gasteiger partial charge in [0.15, 0.2) is 0 Å². The minimum absolute atomic E-state index is 0.714. The largest absolute Gasteiger partial charge is 0.378 e. The van der Waals surface area contributed by atoms with E-state index >= 15 is 0 Å². The van der Waals surface area contributed by atoms with Crippen molar-refractivity contribution in [1.29, 1.82) is 0 Å². The Kier molecular flexibility index (Phi) is 4.04. The molecule has 0 amide bonds. The highest BCUT2D eigenvalue weighted by Gasteiger charge is 2.22. The normalized spacial score (nSPS) is 22.6. The third-order valence-corrected chi connectivity index (χ3v) is 4.82. The summed E-state index contributed by atoms with van der Waals surface area (Å²) in [4.78, 5) is 14.5. The smallest absolute Gasteiger partial charge is 0.227 e. The van der Waals surface area contributed by atoms with Gasteiger partial charge < -0.3 is 14.5 Å². The molecular weight excluding hydrogens is 288 g/mol. The SMILES string of the molecule is C[C@H]1CCCN(c2nc(N3CCOCC3)c3ccccc3n2)C1. The van der Waals surface area contributed by atoms with Crippen LogP contribution in [-0.4, -0.2) is 49.4 Å². The third-order valence-electron chi connectivity index (χ3n) is 4.82. The van der Waals surface area contributed by atoms with E-state index in [1.807, 2.05) is 0 Å². The number of rotatable bonds is 2. The van der Waals surface area contributed by atoms with Gasteiger partial charge in [-0.2, -0.15) is 4.98 Å². The first kappa shape index (κ1) is 14.7. The third kappa shape index (κ3) is 2.98. The average molecular weight is 312 g/mol. The van der Waals surface area contributed by atoms with E-state index in [-0.39, 0.29) is 0 Å². The molecule has 2 aromatic rings. The van der Waals surface area contributed by atoms with Gasteiger partial charge in [-0.15, -0.1) is 0 Å². The fourth-order valence-corrected chi connectivity index (χ4v) is 3.58. The Morgan fingerprint density at radius 1 is 1.04 bits per heavy atom. The van der Waals surface area contributed by atoms with Crippen LogP contribution in [0, 0.1) is 5.92 Å². The molecule has 0 unspecified atom stereocenters. The number of ether oxygens (including phenoxy) is 1. The molecular formula is C18H24N4O. The van der Waals surface area contributed by atoms with Crippen molar-refractivity contribution < 1.29 is 4.74 Å². The molecule has 1 atom stereocenters. The van der Waals surface area contributed by atoms with E-state index in [4.69, 9.17) is 14.7 Å². The molecule has 5 nitrogen and oxygen atoms in total. The Labute approximate surface area is 137 Å². The van der Waals surface area contributed by atoms with E-state index in [1.54, 1.807) is 0 Å². The zero-order valence-corrected chi connectivity index (χ0v) is 13.7. The number of para-hydroxylation sites is 1. The summed E-state index contributed by atoms with van der Waals surface area (Å²) < 4.78 is 5.50. The van der Waals surface area contributed by atoms with E-state index in [1.165, 1.54) is 12.8 Å². The Morgan fingerprint density at radius 3 is 2.70 bits per heavy atom. The first-order valence-corrected chi connectivity index (χ1v) is 8.66. The maximum atomic E-state index is 5.50. The second-order valence-corrected chi connectivity index (χ2v) is 6.66. The lowest BCUT2D eigenvalue weighted by atomic mass is 10.0. The van der Waals surface area contributed by atoms with Crippen LogP contribution in [0.1, 0.15) is 19.8 Å². The van der Waals surface area contributed by atoms with Crippen molar-refractivity contribution in [2.24, 2.45) is 5.92 Å². The summed E-state index contributed by atoms with van der Waals surface area (Å²) >= 11 is 0. The monoisotopic (exact) mass is 312 g/mol. The number of aromatic nitrogens is 2. The maximum Gasteiger partial charge on any atom is 0.227 e. The number of hydrogen-bond acceptors (Lipinski definition) is 5. The Bertz CT molecular complexity index is 684. The summed E-state index contributed by atoms with van der Waals surface area (Å²) in [6.07, 6.45) is 2.53. The van der Waals surface area contributed by atoms with Crippen molar-refractivity contribution in [3.05, 3.63) is 24.3 Å². The van der Waals surface area contributed by atoms with Gasteiger partial charge in [0.1, 0.15) is 5.82 Å². The molecule has 0 aliphatic carbocycles. The van der Waals surface area contributed by atoms with Crippen molar-refractivity contribution in [1.82, 2.24) is 9.97 Å². The van der Waals surface area contributed by atoms with Gasteiger partial charge in [-0.25, -0.2) is 4.98 Å². The number of fused-ring (bicyclic) bond motifs is 1. The summed E-state index contributed by atoms with van der Waals surface area (Å²) in [7, 11) is 0. The van der Waals surface area contributed by atoms with Gasteiger partial charge in [-0.05, 0) is 30.9 Å². The highest BCUT2D eigenvalue weighted by molar-refractivity contribution is 5.90. The fraction of sp³-hybridized carbons (Fsp3) is 0.556. The molecule has 2 saturated heterocycles. The summed E-state index contributed by atoms with van der Waals surface area (Å²) in [6.45, 7) is 7.78. The van der Waals surface area contributed by atoms with Gasteiger partial charge >= 0.3 is 0 Å². The van der Waals surface area contributed by atoms with E-state index in [2.05, 4.69) is 41.0 Å². The molecule has 1 aromatic carbocycles. The zero-order valence-electron chi connectivity index (χ0n) is 13.7. The molecule has 4 rings (SSSR count). The van der Waals surface area contributed by atoms with Gasteiger partial charge in [0.25, 0.3) is 0 Å². The molecule has 0 radical (unpaired) electrons. The summed E-state index contributed by atoms with van der Waals surface area (Å²) in [5, 5.41) is 1.14. The van der Waals surface area contributed by atoms with Crippen LogP contribution in [0.15, 0.2) is 24.3 Å². The maximum absolute atomic E-state index is 5.50. The van der Waals surface area contributed by atoms with Gasteiger partial charge in [-0.3, -0.25) is 0 Å². The molecule has 0 N–H and O–H groups in total. The van der Waals surface area contributed by atoms with Crippen LogP contribution in [0.4, 0.5) is 11.8 Å². The number of morpholine rings is 1. The molecule has 23 heavy (non-hydrogen) atoms. The van der Waals surface area contributed by atoms with Crippen LogP contribution < -0.4 is 9.80 Å². The molecule has 5 heteroatoms. The highest BCUT2D eigenvalue weighted by Crippen LogP contribution is 2.29. The number of piperidine rings is 1. The van der Waals surface area contributed by atoms with Crippen LogP contribution in [0.5, 0.6) is 0 Å². The van der Waals surface area contributed by atoms with Gasteiger partial charge in [0.05, 0.1) is 18.7 Å². The first-order valence-electron chi connectivity index (χ1n) is 8.66. The van der Waals surface area contributed by atoms with Crippen LogP contribution in [0.3, 0.4) is 0 Å². The zero-order chi connectivity index (χ0) is 15.6. The molecule has 0 saturated carbocycles. The Hall–Kier alpha value is -1.88. The van der Waals surface area contributed by atoms with Crippen molar-refractivity contribution >= 4 is 22.7 Å². The van der Waals surface area contributed by atoms with Crippen molar-refractivity contribution in [3.8, 4) is 0 Å². The van der Waals surface area contributed by atoms with Gasteiger partial charge in [-0.1, -0.05) is 19.1 Å². The lowest BCUT2D eigenvalue weighted by molar-refractivity contribution is 0.122. The topological polar surface area (TPSA) is 41.5 Å². The standard InChI is InChI=1S/C18H24N4O/c1-14-5-4-8-22(13-14)18-19-16-7-3-2-6-15(16)17(20-18)21-9-11-23-12-10-21/h2-3,6-7,14H,4-5,8-13H2,1H3/t14-/m0/s1. The van der Waals surface area contributed by atoms with Crippen molar-refractivity contribution in [2.45, 2.75) is 19.8 Å². The molecule has 2 fully saturated rings. The summed E-state index contributed by atoms with van der Waals surface area (Å²) in [5.41, 5.74) is 1.04. The Balaban J connectivity index is 1.76. The van der Waals surface area contributed by atoms with E-state index < -0.39 is 0 Å². The van der Waals surface area contributed by atoms with E-state index in [0.717, 1.165) is 62.1 Å². The van der Waals surface area contributed by atoms with Gasteiger partial charge in [0.2, 0.25) is 5.95 Å². The second kappa shape index (κ2) is 6.32. The number of anilines is 2. The highest BCUT2D eigenvalue weighted by atomic mass is 16.5. The molecule has 3 heterocycles. The lowest BCUT2D eigenvalue weighted by Crippen LogP contribution is -2.38. The molecule has 122 valence electrons. The van der Waals surface area contributed by atoms with Crippen LogP contribution in [0.25, 0.3) is 10.9 Å². The second-order valence-electron chi connectivity index (χ2n) is 6.66. The average Bonchev–Trinajstić information content (AvgIpc) is 2.61. The van der Waals surface area contributed by atoms with E-state index in [0.29, 0.717) is 5.92 Å². The molecule has 0 bridgehead atoms. The minimum Gasteiger partial charge on any atom is -0.378 e. The van der Waals surface area contributed by atoms with Crippen LogP contribution >= 0.6 is 0 Å². The van der Waals surface area contributed by atoms with Crippen molar-refractivity contribution in [2.75, 3.05) is 49.2 Å². The number of benzene rings is 1. The molecule has 2 aliphatic heterocycles. The number of hydrogen-bond donors (Lipinski definition) is 0. The van der Waals surface area contributed by atoms with E-state index in [9.17, 15) is 0 Å². The van der Waals surface area contributed by atoms with Crippen LogP contribution in [-0.2, 0) is 4.74 Å². The van der Waals surface area contributed by atoms with Gasteiger partial charge in [0, 0.05) is 31.6 Å². The minimum atomic E-state index is 0.714. The Morgan fingerprint density at radius 2 is 1.87 bits per heavy atom. The molecule has 1 aromatic heterocycles. The fourth-order valence-electron chi connectivity index (χ4n) is 3.58. The van der Waals surface area contributed by atoms with Crippen LogP contribution in [0.2, 0.25) is 0 Å². The predicted molar refractivity (Wildman–Crippen MR) is 93.2 cm³/mol. The molecule has 0 spiro atoms. The summed E-state index contributed by atoms with van der Waals surface area (Å²) in [5.74, 6) is 2.66.